The Morgan fingerprint density at radius 2 is 1.69 bits per heavy atom. The van der Waals surface area contributed by atoms with Gasteiger partial charge in [0.15, 0.2) is 29.1 Å². The van der Waals surface area contributed by atoms with Gasteiger partial charge in [-0.1, -0.05) is 70.0 Å². The maximum absolute atomic E-state index is 14.7. The summed E-state index contributed by atoms with van der Waals surface area (Å²) in [5.41, 5.74) is 5.01. The summed E-state index contributed by atoms with van der Waals surface area (Å²) < 4.78 is 56.7. The summed E-state index contributed by atoms with van der Waals surface area (Å²) in [4.78, 5) is 24.9. The third kappa shape index (κ3) is 7.64. The van der Waals surface area contributed by atoms with Crippen LogP contribution < -0.4 is 4.90 Å². The van der Waals surface area contributed by atoms with Crippen molar-refractivity contribution in [3.63, 3.8) is 0 Å². The monoisotopic (exact) mass is 623 g/mol. The van der Waals surface area contributed by atoms with Crippen LogP contribution in [0.25, 0.3) is 11.3 Å². The number of nitrogens with zero attached hydrogens (tertiary/aromatic N) is 3. The van der Waals surface area contributed by atoms with Crippen LogP contribution in [0.5, 0.6) is 0 Å². The maximum atomic E-state index is 14.7. The average molecular weight is 624 g/mol. The number of amides is 1. The molecular formula is C37H45F4N3O. The van der Waals surface area contributed by atoms with E-state index in [4.69, 9.17) is 9.97 Å². The number of allylic oxidation sites excluding steroid dienone is 2. The molecule has 1 heterocycles. The molecule has 2 aliphatic rings. The molecule has 4 nitrogen and oxygen atoms in total. The van der Waals surface area contributed by atoms with Crippen LogP contribution in [0, 0.1) is 47.9 Å². The predicted molar refractivity (Wildman–Crippen MR) is 172 cm³/mol. The van der Waals surface area contributed by atoms with Gasteiger partial charge in [0.1, 0.15) is 0 Å². The lowest BCUT2D eigenvalue weighted by Crippen LogP contribution is -2.32. The second-order valence-electron chi connectivity index (χ2n) is 12.8. The summed E-state index contributed by atoms with van der Waals surface area (Å²) in [5.74, 6) is -5.77. The minimum absolute atomic E-state index is 0.306. The first kappa shape index (κ1) is 34.3. The third-order valence-electron chi connectivity index (χ3n) is 8.69. The molecule has 5 rings (SSSR count). The van der Waals surface area contributed by atoms with Gasteiger partial charge in [0.2, 0.25) is 5.91 Å². The number of aryl methyl sites for hydroxylation is 2. The second kappa shape index (κ2) is 14.7. The number of carbonyl (C=O) groups is 1. The molecule has 1 aromatic heterocycles. The number of benzene rings is 2. The van der Waals surface area contributed by atoms with Crippen molar-refractivity contribution in [3.8, 4) is 11.3 Å². The van der Waals surface area contributed by atoms with Crippen molar-refractivity contribution in [2.75, 3.05) is 11.9 Å². The molecular weight excluding hydrogens is 578 g/mol. The Labute approximate surface area is 265 Å². The van der Waals surface area contributed by atoms with Gasteiger partial charge in [-0.3, -0.25) is 9.69 Å². The van der Waals surface area contributed by atoms with Gasteiger partial charge in [-0.15, -0.1) is 0 Å². The van der Waals surface area contributed by atoms with Crippen LogP contribution in [0.15, 0.2) is 35.9 Å². The zero-order valence-electron chi connectivity index (χ0n) is 27.5. The minimum atomic E-state index is -1.92. The third-order valence-corrected chi connectivity index (χ3v) is 8.69. The van der Waals surface area contributed by atoms with Crippen LogP contribution in [0.3, 0.4) is 0 Å². The van der Waals surface area contributed by atoms with Gasteiger partial charge < -0.3 is 0 Å². The van der Waals surface area contributed by atoms with Gasteiger partial charge in [0.05, 0.1) is 23.5 Å². The average Bonchev–Trinajstić information content (AvgIpc) is 3.78. The Kier molecular flexibility index (Phi) is 11.2. The van der Waals surface area contributed by atoms with E-state index in [2.05, 4.69) is 46.8 Å². The van der Waals surface area contributed by atoms with Crippen LogP contribution >= 0.6 is 0 Å². The van der Waals surface area contributed by atoms with Gasteiger partial charge in [0.25, 0.3) is 0 Å². The zero-order valence-corrected chi connectivity index (χ0v) is 27.5. The Balaban J connectivity index is 0.00000148. The molecule has 2 atom stereocenters. The molecule has 2 aromatic carbocycles. The first-order chi connectivity index (χ1) is 21.4. The van der Waals surface area contributed by atoms with Gasteiger partial charge in [-0.2, -0.15) is 0 Å². The smallest absolute Gasteiger partial charge is 0.232 e. The largest absolute Gasteiger partial charge is 0.298 e. The lowest BCUT2D eigenvalue weighted by molar-refractivity contribution is -0.117. The molecule has 1 amide bonds. The van der Waals surface area contributed by atoms with Gasteiger partial charge >= 0.3 is 0 Å². The quantitative estimate of drug-likeness (QED) is 0.103. The Morgan fingerprint density at radius 3 is 2.33 bits per heavy atom. The molecule has 3 aromatic rings. The Morgan fingerprint density at radius 1 is 1.02 bits per heavy atom. The van der Waals surface area contributed by atoms with Gasteiger partial charge in [-0.25, -0.2) is 27.5 Å². The van der Waals surface area contributed by atoms with Crippen LogP contribution in [0.4, 0.5) is 23.4 Å². The van der Waals surface area contributed by atoms with Crippen LogP contribution in [-0.4, -0.2) is 22.9 Å². The SMILES string of the molecule is C/C=C1\CC1CC(Cc1nc2c(nc1N(C)C(=O)Cc1c(C)c(F)c(F)c(F)c1F)CCc1ccccc1-2)CC(C)C.CCC. The summed E-state index contributed by atoms with van der Waals surface area (Å²) in [6.07, 6.45) is 7.94. The van der Waals surface area contributed by atoms with Crippen LogP contribution in [0.1, 0.15) is 88.4 Å². The van der Waals surface area contributed by atoms with E-state index in [1.54, 1.807) is 0 Å². The molecule has 242 valence electrons. The number of hydrogen-bond acceptors (Lipinski definition) is 3. The number of likely N-dealkylation sites (N-methyl/N-ethyl adjacent to an activating group) is 1. The van der Waals surface area contributed by atoms with E-state index in [9.17, 15) is 22.4 Å². The van der Waals surface area contributed by atoms with E-state index < -0.39 is 46.7 Å². The first-order valence-corrected chi connectivity index (χ1v) is 16.1. The van der Waals surface area contributed by atoms with E-state index in [1.165, 1.54) is 29.5 Å². The summed E-state index contributed by atoms with van der Waals surface area (Å²) in [6, 6.07) is 8.12. The highest BCUT2D eigenvalue weighted by Gasteiger charge is 2.33. The predicted octanol–water partition coefficient (Wildman–Crippen LogP) is 9.29. The highest BCUT2D eigenvalue weighted by atomic mass is 19.2. The van der Waals surface area contributed by atoms with Crippen molar-refractivity contribution in [1.29, 1.82) is 0 Å². The fourth-order valence-corrected chi connectivity index (χ4v) is 6.32. The molecule has 2 aliphatic carbocycles. The molecule has 1 saturated carbocycles. The Hall–Kier alpha value is -3.55. The van der Waals surface area contributed by atoms with E-state index in [-0.39, 0.29) is 0 Å². The van der Waals surface area contributed by atoms with Crippen LogP contribution in [0.2, 0.25) is 0 Å². The van der Waals surface area contributed by atoms with Crippen molar-refractivity contribution < 1.29 is 22.4 Å². The number of anilines is 1. The second-order valence-corrected chi connectivity index (χ2v) is 12.8. The number of fused-ring (bicyclic) bond motifs is 3. The Bertz CT molecular complexity index is 1550. The van der Waals surface area contributed by atoms with E-state index in [0.717, 1.165) is 49.6 Å². The molecule has 0 saturated heterocycles. The number of aromatic nitrogens is 2. The van der Waals surface area contributed by atoms with Crippen LogP contribution in [-0.2, 0) is 30.5 Å². The van der Waals surface area contributed by atoms with Crippen molar-refractivity contribution in [1.82, 2.24) is 9.97 Å². The molecule has 0 N–H and O–H groups in total. The maximum Gasteiger partial charge on any atom is 0.232 e. The fraction of sp³-hybridized carbons (Fsp3) is 0.486. The lowest BCUT2D eigenvalue weighted by Gasteiger charge is -2.27. The van der Waals surface area contributed by atoms with E-state index in [1.807, 2.05) is 18.2 Å². The zero-order chi connectivity index (χ0) is 33.0. The molecule has 0 spiro atoms. The molecule has 2 unspecified atom stereocenters. The summed E-state index contributed by atoms with van der Waals surface area (Å²) in [5, 5.41) is 0. The van der Waals surface area contributed by atoms with Crippen molar-refractivity contribution in [2.45, 2.75) is 92.9 Å². The van der Waals surface area contributed by atoms with Crippen molar-refractivity contribution in [2.24, 2.45) is 17.8 Å². The summed E-state index contributed by atoms with van der Waals surface area (Å²) in [6.45, 7) is 11.8. The topological polar surface area (TPSA) is 46.1 Å². The lowest BCUT2D eigenvalue weighted by atomic mass is 9.87. The number of halogens is 4. The summed E-state index contributed by atoms with van der Waals surface area (Å²) in [7, 11) is 1.53. The number of carbonyl (C=O) groups excluding carboxylic acids is 1. The van der Waals surface area contributed by atoms with Crippen molar-refractivity contribution >= 4 is 11.7 Å². The summed E-state index contributed by atoms with van der Waals surface area (Å²) >= 11 is 0. The van der Waals surface area contributed by atoms with Gasteiger partial charge in [0, 0.05) is 18.2 Å². The van der Waals surface area contributed by atoms with E-state index in [0.29, 0.717) is 42.1 Å². The molecule has 45 heavy (non-hydrogen) atoms. The molecule has 1 fully saturated rings. The number of rotatable bonds is 9. The van der Waals surface area contributed by atoms with Gasteiger partial charge in [-0.05, 0) is 81.3 Å². The number of hydrogen-bond donors (Lipinski definition) is 0. The molecule has 0 aliphatic heterocycles. The standard InChI is InChI=1S/C34H37F4N3O.C3H8/c1-6-21-16-23(21)14-20(13-18(2)3)15-27-34(40-26-12-11-22-9-7-8-10-24(22)33(26)39-27)41(5)28(42)17-25-19(4)29(35)31(37)32(38)30(25)36;1-3-2/h6-10,18,20,23H,11-17H2,1-5H3;3H2,1-2H3/b21-6+;. The van der Waals surface area contributed by atoms with E-state index >= 15 is 0 Å². The molecule has 0 radical (unpaired) electrons. The fourth-order valence-electron chi connectivity index (χ4n) is 6.32. The highest BCUT2D eigenvalue weighted by molar-refractivity contribution is 5.94. The molecule has 0 bridgehead atoms. The minimum Gasteiger partial charge on any atom is -0.298 e. The molecule has 8 heteroatoms. The first-order valence-electron chi connectivity index (χ1n) is 16.1. The normalized spacial score (nSPS) is 16.5. The highest BCUT2D eigenvalue weighted by Crippen LogP contribution is 2.44. The van der Waals surface area contributed by atoms with Crippen molar-refractivity contribution in [3.05, 3.63) is 87.3 Å².